The van der Waals surface area contributed by atoms with Crippen molar-refractivity contribution in [1.82, 2.24) is 10.2 Å². The van der Waals surface area contributed by atoms with Crippen LogP contribution in [0.1, 0.15) is 11.1 Å². The average molecular weight is 288 g/mol. The first-order valence-electron chi connectivity index (χ1n) is 5.26. The van der Waals surface area contributed by atoms with Crippen molar-refractivity contribution < 1.29 is 13.2 Å². The largest absolute Gasteiger partial charge is 0.416 e. The summed E-state index contributed by atoms with van der Waals surface area (Å²) in [6.07, 6.45) is -4.42. The number of benzene rings is 1. The molecular weight excluding hydrogens is 279 g/mol. The fourth-order valence-electron chi connectivity index (χ4n) is 1.67. The highest BCUT2D eigenvalue weighted by Gasteiger charge is 2.31. The van der Waals surface area contributed by atoms with Crippen molar-refractivity contribution in [2.24, 2.45) is 0 Å². The topological polar surface area (TPSA) is 51.8 Å². The molecule has 2 rings (SSSR count). The molecule has 1 aromatic carbocycles. The zero-order valence-corrected chi connectivity index (χ0v) is 10.5. The van der Waals surface area contributed by atoms with Crippen molar-refractivity contribution in [3.05, 3.63) is 40.5 Å². The van der Waals surface area contributed by atoms with Crippen LogP contribution in [0.5, 0.6) is 0 Å². The second kappa shape index (κ2) is 4.70. The summed E-state index contributed by atoms with van der Waals surface area (Å²) in [5, 5.41) is 7.74. The first-order chi connectivity index (χ1) is 8.79. The van der Waals surface area contributed by atoms with E-state index in [1.54, 1.807) is 13.0 Å². The van der Waals surface area contributed by atoms with Crippen LogP contribution in [0.2, 0.25) is 5.15 Å². The maximum atomic E-state index is 12.5. The molecule has 19 heavy (non-hydrogen) atoms. The van der Waals surface area contributed by atoms with E-state index in [4.69, 9.17) is 17.3 Å². The molecule has 1 aromatic heterocycles. The van der Waals surface area contributed by atoms with E-state index in [0.717, 1.165) is 12.1 Å². The van der Waals surface area contributed by atoms with Crippen LogP contribution in [-0.4, -0.2) is 10.2 Å². The molecule has 0 fully saturated rings. The molecule has 0 spiro atoms. The minimum Gasteiger partial charge on any atom is -0.398 e. The Morgan fingerprint density at radius 1 is 1.16 bits per heavy atom. The summed E-state index contributed by atoms with van der Waals surface area (Å²) in [4.78, 5) is 0. The van der Waals surface area contributed by atoms with Crippen molar-refractivity contribution >= 4 is 17.3 Å². The SMILES string of the molecule is Cc1cc(Cl)nnc1-c1ccc(C(F)(F)F)cc1N. The first kappa shape index (κ1) is 13.6. The summed E-state index contributed by atoms with van der Waals surface area (Å²) < 4.78 is 37.6. The van der Waals surface area contributed by atoms with Crippen LogP contribution < -0.4 is 5.73 Å². The van der Waals surface area contributed by atoms with Gasteiger partial charge in [0.05, 0.1) is 11.3 Å². The number of anilines is 1. The molecule has 0 aliphatic heterocycles. The van der Waals surface area contributed by atoms with E-state index in [1.807, 2.05) is 0 Å². The van der Waals surface area contributed by atoms with Gasteiger partial charge in [-0.15, -0.1) is 10.2 Å². The number of nitrogens with two attached hydrogens (primary N) is 1. The van der Waals surface area contributed by atoms with Gasteiger partial charge in [-0.1, -0.05) is 17.7 Å². The average Bonchev–Trinajstić information content (AvgIpc) is 2.28. The van der Waals surface area contributed by atoms with Gasteiger partial charge in [-0.25, -0.2) is 0 Å². The van der Waals surface area contributed by atoms with Crippen molar-refractivity contribution in [1.29, 1.82) is 0 Å². The third kappa shape index (κ3) is 2.78. The van der Waals surface area contributed by atoms with Crippen molar-refractivity contribution in [3.8, 4) is 11.3 Å². The normalized spacial score (nSPS) is 11.6. The van der Waals surface area contributed by atoms with Crippen LogP contribution in [0.3, 0.4) is 0 Å². The molecule has 0 aliphatic carbocycles. The van der Waals surface area contributed by atoms with Gasteiger partial charge in [0.15, 0.2) is 5.15 Å². The summed E-state index contributed by atoms with van der Waals surface area (Å²) in [6, 6.07) is 4.69. The fraction of sp³-hybridized carbons (Fsp3) is 0.167. The van der Waals surface area contributed by atoms with Crippen LogP contribution in [0, 0.1) is 6.92 Å². The van der Waals surface area contributed by atoms with Crippen molar-refractivity contribution in [2.75, 3.05) is 5.73 Å². The molecule has 0 amide bonds. The Hall–Kier alpha value is -1.82. The number of hydrogen-bond donors (Lipinski definition) is 1. The number of nitrogen functional groups attached to an aromatic ring is 1. The molecular formula is C12H9ClF3N3. The minimum atomic E-state index is -4.42. The summed E-state index contributed by atoms with van der Waals surface area (Å²) in [7, 11) is 0. The molecule has 0 radical (unpaired) electrons. The third-order valence-electron chi connectivity index (χ3n) is 2.59. The van der Waals surface area contributed by atoms with Gasteiger partial charge in [0, 0.05) is 11.3 Å². The highest BCUT2D eigenvalue weighted by molar-refractivity contribution is 6.29. The van der Waals surface area contributed by atoms with E-state index in [-0.39, 0.29) is 10.8 Å². The number of nitrogens with zero attached hydrogens (tertiary/aromatic N) is 2. The Morgan fingerprint density at radius 2 is 1.84 bits per heavy atom. The zero-order chi connectivity index (χ0) is 14.2. The lowest BCUT2D eigenvalue weighted by atomic mass is 10.0. The van der Waals surface area contributed by atoms with E-state index in [1.165, 1.54) is 6.07 Å². The highest BCUT2D eigenvalue weighted by atomic mass is 35.5. The first-order valence-corrected chi connectivity index (χ1v) is 5.64. The van der Waals surface area contributed by atoms with Gasteiger partial charge >= 0.3 is 6.18 Å². The number of halogens is 4. The smallest absolute Gasteiger partial charge is 0.398 e. The van der Waals surface area contributed by atoms with Gasteiger partial charge < -0.3 is 5.73 Å². The van der Waals surface area contributed by atoms with Crippen LogP contribution in [-0.2, 0) is 6.18 Å². The Labute approximate surface area is 112 Å². The van der Waals surface area contributed by atoms with Gasteiger partial charge in [-0.05, 0) is 30.7 Å². The molecule has 1 heterocycles. The molecule has 2 aromatic rings. The van der Waals surface area contributed by atoms with E-state index < -0.39 is 11.7 Å². The number of aryl methyl sites for hydroxylation is 1. The van der Waals surface area contributed by atoms with Crippen molar-refractivity contribution in [3.63, 3.8) is 0 Å². The number of aromatic nitrogens is 2. The molecule has 0 bridgehead atoms. The maximum Gasteiger partial charge on any atom is 0.416 e. The lowest BCUT2D eigenvalue weighted by molar-refractivity contribution is -0.137. The van der Waals surface area contributed by atoms with E-state index >= 15 is 0 Å². The van der Waals surface area contributed by atoms with Gasteiger partial charge in [0.1, 0.15) is 0 Å². The molecule has 3 nitrogen and oxygen atoms in total. The van der Waals surface area contributed by atoms with Crippen LogP contribution in [0.25, 0.3) is 11.3 Å². The van der Waals surface area contributed by atoms with Gasteiger partial charge in [-0.3, -0.25) is 0 Å². The molecule has 0 saturated carbocycles. The standard InChI is InChI=1S/C12H9ClF3N3/c1-6-4-10(13)18-19-11(6)8-3-2-7(5-9(8)17)12(14,15)16/h2-5H,17H2,1H3. The minimum absolute atomic E-state index is 0.00505. The monoisotopic (exact) mass is 287 g/mol. The Morgan fingerprint density at radius 3 is 2.37 bits per heavy atom. The lowest BCUT2D eigenvalue weighted by Gasteiger charge is -2.11. The summed E-state index contributed by atoms with van der Waals surface area (Å²) in [5.41, 5.74) is 6.35. The number of alkyl halides is 3. The third-order valence-corrected chi connectivity index (χ3v) is 2.77. The maximum absolute atomic E-state index is 12.5. The number of hydrogen-bond acceptors (Lipinski definition) is 3. The van der Waals surface area contributed by atoms with Crippen molar-refractivity contribution in [2.45, 2.75) is 13.1 Å². The molecule has 0 unspecified atom stereocenters. The molecule has 0 atom stereocenters. The quantitative estimate of drug-likeness (QED) is 0.814. The van der Waals surface area contributed by atoms with E-state index in [9.17, 15) is 13.2 Å². The molecule has 0 aliphatic rings. The van der Waals surface area contributed by atoms with Gasteiger partial charge in [0.2, 0.25) is 0 Å². The second-order valence-electron chi connectivity index (χ2n) is 4.00. The van der Waals surface area contributed by atoms with Crippen LogP contribution >= 0.6 is 11.6 Å². The predicted octanol–water partition coefficient (Wildman–Crippen LogP) is 3.71. The Kier molecular flexibility index (Phi) is 3.36. The van der Waals surface area contributed by atoms with Gasteiger partial charge in [0.25, 0.3) is 0 Å². The Balaban J connectivity index is 2.52. The summed E-state index contributed by atoms with van der Waals surface area (Å²) in [5.74, 6) is 0. The van der Waals surface area contributed by atoms with Crippen LogP contribution in [0.15, 0.2) is 24.3 Å². The molecule has 2 N–H and O–H groups in total. The fourth-order valence-corrected chi connectivity index (χ4v) is 1.87. The summed E-state index contributed by atoms with van der Waals surface area (Å²) in [6.45, 7) is 1.73. The zero-order valence-electron chi connectivity index (χ0n) is 9.79. The van der Waals surface area contributed by atoms with Gasteiger partial charge in [-0.2, -0.15) is 13.2 Å². The molecule has 7 heteroatoms. The number of rotatable bonds is 1. The molecule has 100 valence electrons. The van der Waals surface area contributed by atoms with Crippen LogP contribution in [0.4, 0.5) is 18.9 Å². The summed E-state index contributed by atoms with van der Waals surface area (Å²) >= 11 is 5.68. The Bertz CT molecular complexity index is 626. The lowest BCUT2D eigenvalue weighted by Crippen LogP contribution is -2.06. The molecule has 0 saturated heterocycles. The van der Waals surface area contributed by atoms with E-state index in [0.29, 0.717) is 16.8 Å². The highest BCUT2D eigenvalue weighted by Crippen LogP contribution is 2.34. The van der Waals surface area contributed by atoms with E-state index in [2.05, 4.69) is 10.2 Å². The predicted molar refractivity (Wildman–Crippen MR) is 66.6 cm³/mol. The second-order valence-corrected chi connectivity index (χ2v) is 4.39.